The molecule has 0 spiro atoms. The second-order valence-corrected chi connectivity index (χ2v) is 5.21. The van der Waals surface area contributed by atoms with Gasteiger partial charge in [0.25, 0.3) is 0 Å². The monoisotopic (exact) mass is 262 g/mol. The number of aliphatic hydroxyl groups is 1. The number of aromatic nitrogens is 2. The Morgan fingerprint density at radius 2 is 2.11 bits per heavy atom. The van der Waals surface area contributed by atoms with Crippen molar-refractivity contribution in [3.8, 4) is 0 Å². The van der Waals surface area contributed by atoms with E-state index in [9.17, 15) is 5.11 Å². The fourth-order valence-corrected chi connectivity index (χ4v) is 2.67. The molecule has 1 unspecified atom stereocenters. The summed E-state index contributed by atoms with van der Waals surface area (Å²) in [6.45, 7) is 0. The molecule has 1 saturated carbocycles. The third-order valence-corrected chi connectivity index (χ3v) is 3.80. The third kappa shape index (κ3) is 1.93. The molecule has 0 radical (unpaired) electrons. The van der Waals surface area contributed by atoms with Crippen molar-refractivity contribution in [3.05, 3.63) is 52.3 Å². The van der Waals surface area contributed by atoms with E-state index in [1.54, 1.807) is 17.9 Å². The molecule has 0 aliphatic heterocycles. The van der Waals surface area contributed by atoms with E-state index in [-0.39, 0.29) is 0 Å². The Bertz CT molecular complexity index is 555. The molecule has 1 aliphatic rings. The summed E-state index contributed by atoms with van der Waals surface area (Å²) >= 11 is 6.09. The van der Waals surface area contributed by atoms with Gasteiger partial charge >= 0.3 is 0 Å². The minimum atomic E-state index is -0.707. The predicted molar refractivity (Wildman–Crippen MR) is 70.7 cm³/mol. The Kier molecular flexibility index (Phi) is 2.88. The molecular formula is C14H15ClN2O. The summed E-state index contributed by atoms with van der Waals surface area (Å²) in [5.74, 6) is 0.600. The maximum atomic E-state index is 10.6. The smallest absolute Gasteiger partial charge is 0.122 e. The van der Waals surface area contributed by atoms with Gasteiger partial charge in [-0.2, -0.15) is 5.10 Å². The van der Waals surface area contributed by atoms with E-state index < -0.39 is 6.10 Å². The maximum Gasteiger partial charge on any atom is 0.122 e. The molecule has 0 bridgehead atoms. The van der Waals surface area contributed by atoms with Crippen LogP contribution in [0.3, 0.4) is 0 Å². The highest BCUT2D eigenvalue weighted by atomic mass is 35.5. The second kappa shape index (κ2) is 4.41. The normalized spacial score (nSPS) is 16.8. The van der Waals surface area contributed by atoms with E-state index in [2.05, 4.69) is 11.2 Å². The molecule has 1 aliphatic carbocycles. The topological polar surface area (TPSA) is 38.0 Å². The van der Waals surface area contributed by atoms with Crippen molar-refractivity contribution in [1.82, 2.24) is 9.78 Å². The maximum absolute atomic E-state index is 10.6. The molecule has 4 heteroatoms. The van der Waals surface area contributed by atoms with E-state index in [1.807, 2.05) is 18.2 Å². The van der Waals surface area contributed by atoms with Crippen LogP contribution in [-0.2, 0) is 7.05 Å². The van der Waals surface area contributed by atoms with Crippen molar-refractivity contribution in [3.63, 3.8) is 0 Å². The first-order valence-corrected chi connectivity index (χ1v) is 6.50. The highest BCUT2D eigenvalue weighted by molar-refractivity contribution is 6.31. The van der Waals surface area contributed by atoms with Gasteiger partial charge in [-0.25, -0.2) is 0 Å². The number of nitrogens with zero attached hydrogens (tertiary/aromatic N) is 2. The first kappa shape index (κ1) is 11.8. The minimum Gasteiger partial charge on any atom is -0.382 e. The van der Waals surface area contributed by atoms with Gasteiger partial charge in [-0.3, -0.25) is 4.68 Å². The van der Waals surface area contributed by atoms with Gasteiger partial charge in [0.2, 0.25) is 0 Å². The van der Waals surface area contributed by atoms with Gasteiger partial charge < -0.3 is 5.11 Å². The van der Waals surface area contributed by atoms with Crippen molar-refractivity contribution in [2.75, 3.05) is 0 Å². The van der Waals surface area contributed by atoms with E-state index in [4.69, 9.17) is 11.6 Å². The lowest BCUT2D eigenvalue weighted by Crippen LogP contribution is -2.09. The Hall–Kier alpha value is -1.32. The number of hydrogen-bond acceptors (Lipinski definition) is 2. The van der Waals surface area contributed by atoms with E-state index >= 15 is 0 Å². The molecule has 3 nitrogen and oxygen atoms in total. The highest BCUT2D eigenvalue weighted by Crippen LogP contribution is 2.44. The van der Waals surface area contributed by atoms with Crippen LogP contribution in [0.15, 0.2) is 30.5 Å². The Morgan fingerprint density at radius 1 is 1.39 bits per heavy atom. The predicted octanol–water partition coefficient (Wildman–Crippen LogP) is 3.03. The SMILES string of the molecule is Cn1ncc(Cl)c1C(O)c1ccccc1C1CC1. The number of aliphatic hydroxyl groups excluding tert-OH is 1. The van der Waals surface area contributed by atoms with Gasteiger partial charge in [-0.15, -0.1) is 0 Å². The van der Waals surface area contributed by atoms with Gasteiger partial charge in [0, 0.05) is 7.05 Å². The summed E-state index contributed by atoms with van der Waals surface area (Å²) in [7, 11) is 1.80. The second-order valence-electron chi connectivity index (χ2n) is 4.81. The summed E-state index contributed by atoms with van der Waals surface area (Å²) in [5.41, 5.74) is 2.84. The lowest BCUT2D eigenvalue weighted by Gasteiger charge is -2.16. The largest absolute Gasteiger partial charge is 0.382 e. The van der Waals surface area contributed by atoms with E-state index in [1.165, 1.54) is 18.4 Å². The van der Waals surface area contributed by atoms with Crippen LogP contribution in [0.5, 0.6) is 0 Å². The van der Waals surface area contributed by atoms with Crippen molar-refractivity contribution in [2.45, 2.75) is 24.9 Å². The third-order valence-electron chi connectivity index (χ3n) is 3.50. The summed E-state index contributed by atoms with van der Waals surface area (Å²) in [5, 5.41) is 15.1. The summed E-state index contributed by atoms with van der Waals surface area (Å²) in [6, 6.07) is 8.05. The summed E-state index contributed by atoms with van der Waals surface area (Å²) in [4.78, 5) is 0. The molecule has 0 saturated heterocycles. The van der Waals surface area contributed by atoms with Crippen LogP contribution in [0.2, 0.25) is 5.02 Å². The molecule has 1 fully saturated rings. The van der Waals surface area contributed by atoms with E-state index in [0.29, 0.717) is 16.6 Å². The molecule has 1 N–H and O–H groups in total. The molecular weight excluding hydrogens is 248 g/mol. The number of benzene rings is 1. The van der Waals surface area contributed by atoms with Gasteiger partial charge in [-0.05, 0) is 29.9 Å². The zero-order valence-electron chi connectivity index (χ0n) is 10.2. The first-order valence-electron chi connectivity index (χ1n) is 6.12. The number of halogens is 1. The van der Waals surface area contributed by atoms with Gasteiger partial charge in [0.15, 0.2) is 0 Å². The van der Waals surface area contributed by atoms with Crippen LogP contribution in [0.1, 0.15) is 41.7 Å². The van der Waals surface area contributed by atoms with Crippen LogP contribution in [0.4, 0.5) is 0 Å². The van der Waals surface area contributed by atoms with Crippen LogP contribution in [0, 0.1) is 0 Å². The molecule has 3 rings (SSSR count). The molecule has 2 aromatic rings. The zero-order chi connectivity index (χ0) is 12.7. The molecule has 94 valence electrons. The van der Waals surface area contributed by atoms with Crippen LogP contribution in [-0.4, -0.2) is 14.9 Å². The standard InChI is InChI=1S/C14H15ClN2O/c1-17-13(12(15)8-16-17)14(18)11-5-3-2-4-10(11)9-6-7-9/h2-5,8-9,14,18H,6-7H2,1H3. The lowest BCUT2D eigenvalue weighted by atomic mass is 9.97. The Labute approximate surface area is 111 Å². The highest BCUT2D eigenvalue weighted by Gasteiger charge is 2.29. The summed E-state index contributed by atoms with van der Waals surface area (Å²) in [6.07, 6.45) is 3.28. The van der Waals surface area contributed by atoms with E-state index in [0.717, 1.165) is 5.56 Å². The number of rotatable bonds is 3. The first-order chi connectivity index (χ1) is 8.68. The Balaban J connectivity index is 2.04. The fraction of sp³-hybridized carbons (Fsp3) is 0.357. The van der Waals surface area contributed by atoms with Crippen LogP contribution in [0.25, 0.3) is 0 Å². The summed E-state index contributed by atoms with van der Waals surface area (Å²) < 4.78 is 1.64. The van der Waals surface area contributed by atoms with Crippen LogP contribution >= 0.6 is 11.6 Å². The Morgan fingerprint density at radius 3 is 2.72 bits per heavy atom. The van der Waals surface area contributed by atoms with Crippen molar-refractivity contribution < 1.29 is 5.11 Å². The minimum absolute atomic E-state index is 0.510. The lowest BCUT2D eigenvalue weighted by molar-refractivity contribution is 0.208. The number of hydrogen-bond donors (Lipinski definition) is 1. The van der Waals surface area contributed by atoms with Crippen molar-refractivity contribution in [1.29, 1.82) is 0 Å². The van der Waals surface area contributed by atoms with Gasteiger partial charge in [0.05, 0.1) is 16.9 Å². The molecule has 18 heavy (non-hydrogen) atoms. The average molecular weight is 263 g/mol. The van der Waals surface area contributed by atoms with Gasteiger partial charge in [0.1, 0.15) is 6.10 Å². The fourth-order valence-electron chi connectivity index (χ4n) is 2.40. The zero-order valence-corrected chi connectivity index (χ0v) is 10.9. The molecule has 1 aromatic carbocycles. The molecule has 1 atom stereocenters. The van der Waals surface area contributed by atoms with Gasteiger partial charge in [-0.1, -0.05) is 35.9 Å². The molecule has 0 amide bonds. The quantitative estimate of drug-likeness (QED) is 0.923. The average Bonchev–Trinajstić information content (AvgIpc) is 3.16. The van der Waals surface area contributed by atoms with Crippen molar-refractivity contribution in [2.24, 2.45) is 7.05 Å². The molecule has 1 heterocycles. The van der Waals surface area contributed by atoms with Crippen LogP contribution < -0.4 is 0 Å². The van der Waals surface area contributed by atoms with Crippen molar-refractivity contribution >= 4 is 11.6 Å². The number of aryl methyl sites for hydroxylation is 1. The molecule has 1 aromatic heterocycles.